The van der Waals surface area contributed by atoms with Gasteiger partial charge in [0, 0.05) is 18.6 Å². The normalized spacial score (nSPS) is 35.6. The van der Waals surface area contributed by atoms with Gasteiger partial charge in [-0.1, -0.05) is 6.92 Å². The number of nitrogens with zero attached hydrogens (tertiary/aromatic N) is 2. The molecule has 3 aliphatic rings. The number of hydrogen-bond donors (Lipinski definition) is 1. The fourth-order valence-electron chi connectivity index (χ4n) is 3.58. The highest BCUT2D eigenvalue weighted by atomic mass is 15.2. The van der Waals surface area contributed by atoms with Gasteiger partial charge in [0.05, 0.1) is 6.07 Å². The van der Waals surface area contributed by atoms with E-state index < -0.39 is 0 Å². The van der Waals surface area contributed by atoms with E-state index in [-0.39, 0.29) is 5.54 Å². The Morgan fingerprint density at radius 2 is 1.95 bits per heavy atom. The van der Waals surface area contributed by atoms with Crippen molar-refractivity contribution >= 4 is 0 Å². The van der Waals surface area contributed by atoms with Crippen molar-refractivity contribution in [1.82, 2.24) is 10.2 Å². The lowest BCUT2D eigenvalue weighted by atomic mass is 9.88. The molecule has 1 aliphatic heterocycles. The largest absolute Gasteiger partial charge is 0.297 e. The van der Waals surface area contributed by atoms with E-state index in [0.717, 1.165) is 12.5 Å². The molecular formula is C16H27N3. The predicted molar refractivity (Wildman–Crippen MR) is 76.7 cm³/mol. The summed E-state index contributed by atoms with van der Waals surface area (Å²) in [4.78, 5) is 2.57. The van der Waals surface area contributed by atoms with Crippen LogP contribution in [0.2, 0.25) is 0 Å². The summed E-state index contributed by atoms with van der Waals surface area (Å²) in [5.41, 5.74) is -0.257. The molecule has 0 amide bonds. The van der Waals surface area contributed by atoms with Crippen LogP contribution in [0.5, 0.6) is 0 Å². The second-order valence-electron chi connectivity index (χ2n) is 7.11. The van der Waals surface area contributed by atoms with E-state index in [9.17, 15) is 5.26 Å². The molecule has 0 aromatic carbocycles. The molecule has 0 radical (unpaired) electrons. The van der Waals surface area contributed by atoms with E-state index in [1.807, 2.05) is 0 Å². The number of hydrogen-bond acceptors (Lipinski definition) is 3. The highest BCUT2D eigenvalue weighted by Crippen LogP contribution is 2.42. The van der Waals surface area contributed by atoms with Crippen molar-refractivity contribution in [1.29, 1.82) is 5.26 Å². The first-order valence-corrected chi connectivity index (χ1v) is 8.07. The third-order valence-electron chi connectivity index (χ3n) is 5.47. The molecule has 106 valence electrons. The first kappa shape index (κ1) is 13.4. The Morgan fingerprint density at radius 3 is 2.53 bits per heavy atom. The number of likely N-dealkylation sites (tertiary alicyclic amines) is 1. The van der Waals surface area contributed by atoms with Crippen molar-refractivity contribution in [3.8, 4) is 6.07 Å². The standard InChI is InChI=1S/C16H27N3/c1-12-4-3-9-19(13(12)2)11-16(10-17,14-5-6-14)18-15-7-8-15/h12-15,18H,3-9,11H2,1-2H3. The Morgan fingerprint density at radius 1 is 1.21 bits per heavy atom. The van der Waals surface area contributed by atoms with E-state index in [0.29, 0.717) is 18.0 Å². The Labute approximate surface area is 117 Å². The van der Waals surface area contributed by atoms with Gasteiger partial charge in [0.25, 0.3) is 0 Å². The Hall–Kier alpha value is -0.590. The molecule has 3 unspecified atom stereocenters. The number of nitrogens with one attached hydrogen (secondary N) is 1. The van der Waals surface area contributed by atoms with Crippen molar-refractivity contribution in [3.05, 3.63) is 0 Å². The lowest BCUT2D eigenvalue weighted by Crippen LogP contribution is -2.58. The zero-order valence-electron chi connectivity index (χ0n) is 12.4. The summed E-state index contributed by atoms with van der Waals surface area (Å²) in [6.45, 7) is 6.82. The molecule has 1 saturated heterocycles. The van der Waals surface area contributed by atoms with Gasteiger partial charge in [0.1, 0.15) is 5.54 Å². The van der Waals surface area contributed by atoms with Crippen LogP contribution in [0.1, 0.15) is 52.4 Å². The molecule has 0 aromatic heterocycles. The van der Waals surface area contributed by atoms with Crippen LogP contribution in [-0.4, -0.2) is 35.6 Å². The summed E-state index contributed by atoms with van der Waals surface area (Å²) in [7, 11) is 0. The van der Waals surface area contributed by atoms with Gasteiger partial charge in [0.15, 0.2) is 0 Å². The summed E-state index contributed by atoms with van der Waals surface area (Å²) in [6, 6.07) is 3.93. The van der Waals surface area contributed by atoms with Crippen molar-refractivity contribution in [2.45, 2.75) is 70.0 Å². The molecule has 1 N–H and O–H groups in total. The molecule has 0 aromatic rings. The van der Waals surface area contributed by atoms with Crippen LogP contribution in [-0.2, 0) is 0 Å². The van der Waals surface area contributed by atoms with E-state index in [2.05, 4.69) is 30.1 Å². The zero-order chi connectivity index (χ0) is 13.5. The minimum absolute atomic E-state index is 0.257. The fraction of sp³-hybridized carbons (Fsp3) is 0.938. The Bertz CT molecular complexity index is 367. The minimum atomic E-state index is -0.257. The fourth-order valence-corrected chi connectivity index (χ4v) is 3.58. The highest BCUT2D eigenvalue weighted by Gasteiger charge is 2.49. The molecule has 0 bridgehead atoms. The maximum absolute atomic E-state index is 9.81. The van der Waals surface area contributed by atoms with Gasteiger partial charge >= 0.3 is 0 Å². The van der Waals surface area contributed by atoms with Gasteiger partial charge in [-0.05, 0) is 63.8 Å². The highest BCUT2D eigenvalue weighted by molar-refractivity contribution is 5.19. The summed E-state index contributed by atoms with van der Waals surface area (Å²) in [5, 5.41) is 13.5. The van der Waals surface area contributed by atoms with E-state index in [1.54, 1.807) is 0 Å². The molecule has 3 rings (SSSR count). The van der Waals surface area contributed by atoms with Crippen LogP contribution in [0, 0.1) is 23.2 Å². The summed E-state index contributed by atoms with van der Waals surface area (Å²) >= 11 is 0. The smallest absolute Gasteiger partial charge is 0.122 e. The lowest BCUT2D eigenvalue weighted by Gasteiger charge is -2.42. The molecule has 2 aliphatic carbocycles. The van der Waals surface area contributed by atoms with Crippen molar-refractivity contribution in [3.63, 3.8) is 0 Å². The first-order valence-electron chi connectivity index (χ1n) is 8.07. The average molecular weight is 261 g/mol. The van der Waals surface area contributed by atoms with E-state index in [1.165, 1.54) is 45.1 Å². The van der Waals surface area contributed by atoms with E-state index >= 15 is 0 Å². The minimum Gasteiger partial charge on any atom is -0.297 e. The summed E-state index contributed by atoms with van der Waals surface area (Å²) in [6.07, 6.45) is 7.65. The molecular weight excluding hydrogens is 234 g/mol. The van der Waals surface area contributed by atoms with Crippen LogP contribution in [0.15, 0.2) is 0 Å². The third-order valence-corrected chi connectivity index (χ3v) is 5.47. The molecule has 3 fully saturated rings. The monoisotopic (exact) mass is 261 g/mol. The second-order valence-corrected chi connectivity index (χ2v) is 7.11. The molecule has 1 heterocycles. The molecule has 3 heteroatoms. The molecule has 3 atom stereocenters. The number of piperidine rings is 1. The summed E-state index contributed by atoms with van der Waals surface area (Å²) in [5.74, 6) is 1.37. The van der Waals surface area contributed by atoms with Crippen molar-refractivity contribution in [2.75, 3.05) is 13.1 Å². The van der Waals surface area contributed by atoms with Crippen molar-refractivity contribution in [2.24, 2.45) is 11.8 Å². The van der Waals surface area contributed by atoms with Gasteiger partial charge in [-0.15, -0.1) is 0 Å². The second kappa shape index (κ2) is 5.07. The maximum Gasteiger partial charge on any atom is 0.122 e. The average Bonchev–Trinajstić information content (AvgIpc) is 3.26. The SMILES string of the molecule is CC1CCCN(CC(C#N)(NC2CC2)C2CC2)C1C. The van der Waals surface area contributed by atoms with Crippen LogP contribution in [0.25, 0.3) is 0 Å². The topological polar surface area (TPSA) is 39.1 Å². The first-order chi connectivity index (χ1) is 9.14. The molecule has 3 nitrogen and oxygen atoms in total. The predicted octanol–water partition coefficient (Wildman–Crippen LogP) is 2.53. The van der Waals surface area contributed by atoms with Crippen LogP contribution < -0.4 is 5.32 Å². The van der Waals surface area contributed by atoms with Crippen molar-refractivity contribution < 1.29 is 0 Å². The van der Waals surface area contributed by atoms with Gasteiger partial charge in [-0.25, -0.2) is 0 Å². The van der Waals surface area contributed by atoms with Crippen LogP contribution in [0.4, 0.5) is 0 Å². The zero-order valence-corrected chi connectivity index (χ0v) is 12.4. The van der Waals surface area contributed by atoms with Gasteiger partial charge < -0.3 is 0 Å². The Balaban J connectivity index is 1.71. The van der Waals surface area contributed by atoms with E-state index in [4.69, 9.17) is 0 Å². The Kier molecular flexibility index (Phi) is 3.57. The quantitative estimate of drug-likeness (QED) is 0.826. The van der Waals surface area contributed by atoms with Crippen LogP contribution in [0.3, 0.4) is 0 Å². The number of nitriles is 1. The molecule has 2 saturated carbocycles. The van der Waals surface area contributed by atoms with Gasteiger partial charge in [-0.3, -0.25) is 10.2 Å². The molecule has 19 heavy (non-hydrogen) atoms. The summed E-state index contributed by atoms with van der Waals surface area (Å²) < 4.78 is 0. The van der Waals surface area contributed by atoms with Gasteiger partial charge in [-0.2, -0.15) is 5.26 Å². The lowest BCUT2D eigenvalue weighted by molar-refractivity contribution is 0.0833. The van der Waals surface area contributed by atoms with Gasteiger partial charge in [0.2, 0.25) is 0 Å². The maximum atomic E-state index is 9.81. The number of rotatable bonds is 5. The van der Waals surface area contributed by atoms with Crippen LogP contribution >= 0.6 is 0 Å². The third kappa shape index (κ3) is 2.80. The molecule has 0 spiro atoms.